The lowest BCUT2D eigenvalue weighted by Gasteiger charge is -2.38. The van der Waals surface area contributed by atoms with Crippen LogP contribution in [0, 0.1) is 12.7 Å². The molecular weight excluding hydrogens is 417 g/mol. The van der Waals surface area contributed by atoms with Gasteiger partial charge in [-0.05, 0) is 55.7 Å². The number of halogens is 1. The van der Waals surface area contributed by atoms with Crippen molar-refractivity contribution in [1.29, 1.82) is 0 Å². The molecule has 0 aromatic heterocycles. The Balaban J connectivity index is 1.36. The molecule has 1 fully saturated rings. The Labute approximate surface area is 183 Å². The van der Waals surface area contributed by atoms with Crippen molar-refractivity contribution < 1.29 is 17.6 Å². The minimum Gasteiger partial charge on any atom is -0.334 e. The molecule has 166 valence electrons. The summed E-state index contributed by atoms with van der Waals surface area (Å²) in [6.45, 7) is 6.43. The van der Waals surface area contributed by atoms with Crippen molar-refractivity contribution in [3.05, 3.63) is 65.0 Å². The van der Waals surface area contributed by atoms with E-state index in [1.54, 1.807) is 35.2 Å². The zero-order chi connectivity index (χ0) is 22.2. The third-order valence-corrected chi connectivity index (χ3v) is 8.23. The molecule has 0 radical (unpaired) electrons. The topological polar surface area (TPSA) is 60.9 Å². The fourth-order valence-electron chi connectivity index (χ4n) is 4.39. The molecule has 1 atom stereocenters. The van der Waals surface area contributed by atoms with Gasteiger partial charge in [-0.2, -0.15) is 4.31 Å². The fraction of sp³-hybridized carbons (Fsp3) is 0.435. The van der Waals surface area contributed by atoms with Crippen LogP contribution in [-0.4, -0.2) is 67.7 Å². The summed E-state index contributed by atoms with van der Waals surface area (Å²) in [5.41, 5.74) is 2.97. The van der Waals surface area contributed by atoms with Crippen LogP contribution < -0.4 is 0 Å². The average Bonchev–Trinajstić information content (AvgIpc) is 2.75. The number of hydrogen-bond donors (Lipinski definition) is 0. The predicted octanol–water partition coefficient (Wildman–Crippen LogP) is 2.59. The zero-order valence-electron chi connectivity index (χ0n) is 17.9. The minimum atomic E-state index is -3.52. The standard InChI is InChI=1S/C23H28FN3O3S/c1-17-3-7-21(8-4-17)31(29,30)26-13-11-25(12-14-26)16-23(28)27-10-9-19-5-6-20(24)15-22(19)18(27)2/h3-8,15,18H,9-14,16H2,1-2H3. The monoisotopic (exact) mass is 445 g/mol. The van der Waals surface area contributed by atoms with Crippen molar-refractivity contribution in [3.8, 4) is 0 Å². The molecule has 31 heavy (non-hydrogen) atoms. The molecule has 8 heteroatoms. The molecule has 0 spiro atoms. The van der Waals surface area contributed by atoms with Gasteiger partial charge >= 0.3 is 0 Å². The summed E-state index contributed by atoms with van der Waals surface area (Å²) in [7, 11) is -3.52. The van der Waals surface area contributed by atoms with E-state index in [0.717, 1.165) is 16.7 Å². The molecular formula is C23H28FN3O3S. The zero-order valence-corrected chi connectivity index (χ0v) is 18.7. The van der Waals surface area contributed by atoms with Crippen molar-refractivity contribution in [2.75, 3.05) is 39.3 Å². The molecule has 0 bridgehead atoms. The van der Waals surface area contributed by atoms with Gasteiger partial charge in [0.25, 0.3) is 0 Å². The lowest BCUT2D eigenvalue weighted by atomic mass is 9.93. The number of nitrogens with zero attached hydrogens (tertiary/aromatic N) is 3. The number of piperazine rings is 1. The Hall–Kier alpha value is -2.29. The largest absolute Gasteiger partial charge is 0.334 e. The minimum absolute atomic E-state index is 0.00254. The first-order chi connectivity index (χ1) is 14.8. The van der Waals surface area contributed by atoms with Crippen molar-refractivity contribution in [2.45, 2.75) is 31.2 Å². The van der Waals surface area contributed by atoms with E-state index < -0.39 is 10.0 Å². The molecule has 1 saturated heterocycles. The molecule has 1 amide bonds. The summed E-state index contributed by atoms with van der Waals surface area (Å²) in [6.07, 6.45) is 0.717. The van der Waals surface area contributed by atoms with Gasteiger partial charge in [-0.1, -0.05) is 23.8 Å². The SMILES string of the molecule is Cc1ccc(S(=O)(=O)N2CCN(CC(=O)N3CCc4ccc(F)cc4C3C)CC2)cc1. The Morgan fingerprint density at radius 2 is 1.71 bits per heavy atom. The normalized spacial score (nSPS) is 20.5. The summed E-state index contributed by atoms with van der Waals surface area (Å²) in [5.74, 6) is -0.289. The number of carbonyl (C=O) groups is 1. The molecule has 6 nitrogen and oxygen atoms in total. The fourth-order valence-corrected chi connectivity index (χ4v) is 5.82. The van der Waals surface area contributed by atoms with Crippen LogP contribution in [0.4, 0.5) is 4.39 Å². The van der Waals surface area contributed by atoms with Crippen LogP contribution in [0.2, 0.25) is 0 Å². The maximum Gasteiger partial charge on any atom is 0.243 e. The second-order valence-electron chi connectivity index (χ2n) is 8.35. The van der Waals surface area contributed by atoms with E-state index in [1.165, 1.54) is 16.4 Å². The summed E-state index contributed by atoms with van der Waals surface area (Å²) in [5, 5.41) is 0. The van der Waals surface area contributed by atoms with Crippen LogP contribution in [0.5, 0.6) is 0 Å². The third kappa shape index (κ3) is 4.51. The van der Waals surface area contributed by atoms with E-state index >= 15 is 0 Å². The first kappa shape index (κ1) is 21.9. The van der Waals surface area contributed by atoms with E-state index in [0.29, 0.717) is 44.0 Å². The third-order valence-electron chi connectivity index (χ3n) is 6.32. The van der Waals surface area contributed by atoms with Gasteiger partial charge in [-0.3, -0.25) is 9.69 Å². The molecule has 2 aliphatic heterocycles. The van der Waals surface area contributed by atoms with Crippen LogP contribution in [0.25, 0.3) is 0 Å². The molecule has 0 aliphatic carbocycles. The number of benzene rings is 2. The van der Waals surface area contributed by atoms with Gasteiger partial charge in [0.15, 0.2) is 0 Å². The molecule has 0 N–H and O–H groups in total. The molecule has 2 aromatic rings. The van der Waals surface area contributed by atoms with Crippen molar-refractivity contribution in [2.24, 2.45) is 0 Å². The quantitative estimate of drug-likeness (QED) is 0.726. The van der Waals surface area contributed by atoms with Crippen LogP contribution in [0.3, 0.4) is 0 Å². The van der Waals surface area contributed by atoms with Gasteiger partial charge in [0.1, 0.15) is 5.82 Å². The van der Waals surface area contributed by atoms with Crippen LogP contribution in [-0.2, 0) is 21.2 Å². The average molecular weight is 446 g/mol. The van der Waals surface area contributed by atoms with Crippen LogP contribution in [0.1, 0.15) is 29.7 Å². The second-order valence-corrected chi connectivity index (χ2v) is 10.3. The number of amides is 1. The van der Waals surface area contributed by atoms with Gasteiger partial charge in [-0.25, -0.2) is 12.8 Å². The maximum absolute atomic E-state index is 13.7. The van der Waals surface area contributed by atoms with E-state index in [4.69, 9.17) is 0 Å². The molecule has 2 aromatic carbocycles. The lowest BCUT2D eigenvalue weighted by Crippen LogP contribution is -2.52. The van der Waals surface area contributed by atoms with Gasteiger partial charge in [0.05, 0.1) is 17.5 Å². The molecule has 0 saturated carbocycles. The number of aryl methyl sites for hydroxylation is 1. The first-order valence-electron chi connectivity index (χ1n) is 10.6. The smallest absolute Gasteiger partial charge is 0.243 e. The number of carbonyl (C=O) groups excluding carboxylic acids is 1. The highest BCUT2D eigenvalue weighted by Crippen LogP contribution is 2.30. The summed E-state index contributed by atoms with van der Waals surface area (Å²) in [4.78, 5) is 17.1. The Kier molecular flexibility index (Phi) is 6.14. The molecule has 1 unspecified atom stereocenters. The first-order valence-corrected chi connectivity index (χ1v) is 12.1. The Bertz CT molecular complexity index is 1060. The molecule has 4 rings (SSSR count). The van der Waals surface area contributed by atoms with Crippen LogP contribution >= 0.6 is 0 Å². The summed E-state index contributed by atoms with van der Waals surface area (Å²) < 4.78 is 40.9. The van der Waals surface area contributed by atoms with E-state index in [9.17, 15) is 17.6 Å². The van der Waals surface area contributed by atoms with Crippen molar-refractivity contribution in [3.63, 3.8) is 0 Å². The Morgan fingerprint density at radius 1 is 1.03 bits per heavy atom. The van der Waals surface area contributed by atoms with Crippen molar-refractivity contribution >= 4 is 15.9 Å². The van der Waals surface area contributed by atoms with E-state index in [2.05, 4.69) is 0 Å². The molecule has 2 heterocycles. The molecule has 2 aliphatic rings. The number of rotatable bonds is 4. The highest BCUT2D eigenvalue weighted by atomic mass is 32.2. The van der Waals surface area contributed by atoms with Gasteiger partial charge in [0.2, 0.25) is 15.9 Å². The number of hydrogen-bond acceptors (Lipinski definition) is 4. The van der Waals surface area contributed by atoms with Crippen LogP contribution in [0.15, 0.2) is 47.4 Å². The number of sulfonamides is 1. The maximum atomic E-state index is 13.7. The van der Waals surface area contributed by atoms with Gasteiger partial charge in [0, 0.05) is 32.7 Å². The van der Waals surface area contributed by atoms with Gasteiger partial charge < -0.3 is 4.90 Å². The summed E-state index contributed by atoms with van der Waals surface area (Å²) in [6, 6.07) is 11.5. The van der Waals surface area contributed by atoms with E-state index in [1.807, 2.05) is 18.7 Å². The highest BCUT2D eigenvalue weighted by Gasteiger charge is 2.32. The van der Waals surface area contributed by atoms with Crippen molar-refractivity contribution in [1.82, 2.24) is 14.1 Å². The highest BCUT2D eigenvalue weighted by molar-refractivity contribution is 7.89. The predicted molar refractivity (Wildman–Crippen MR) is 117 cm³/mol. The Morgan fingerprint density at radius 3 is 2.39 bits per heavy atom. The van der Waals surface area contributed by atoms with Gasteiger partial charge in [-0.15, -0.1) is 0 Å². The summed E-state index contributed by atoms with van der Waals surface area (Å²) >= 11 is 0. The second kappa shape index (κ2) is 8.68. The van der Waals surface area contributed by atoms with E-state index in [-0.39, 0.29) is 24.3 Å². The number of fused-ring (bicyclic) bond motifs is 1. The lowest BCUT2D eigenvalue weighted by molar-refractivity contribution is -0.135.